The van der Waals surface area contributed by atoms with E-state index in [1.807, 2.05) is 30.3 Å². The van der Waals surface area contributed by atoms with Crippen molar-refractivity contribution in [1.82, 2.24) is 9.55 Å². The van der Waals surface area contributed by atoms with Gasteiger partial charge in [-0.05, 0) is 44.2 Å². The van der Waals surface area contributed by atoms with Crippen molar-refractivity contribution < 1.29 is 23.8 Å². The number of hydrogen-bond donors (Lipinski definition) is 1. The van der Waals surface area contributed by atoms with Crippen molar-refractivity contribution in [3.05, 3.63) is 64.8 Å². The fraction of sp³-hybridized carbons (Fsp3) is 0.320. The summed E-state index contributed by atoms with van der Waals surface area (Å²) in [4.78, 5) is 33.1. The van der Waals surface area contributed by atoms with E-state index in [0.29, 0.717) is 16.7 Å². The van der Waals surface area contributed by atoms with Gasteiger partial charge in [0, 0.05) is 31.9 Å². The van der Waals surface area contributed by atoms with E-state index < -0.39 is 17.5 Å². The monoisotopic (exact) mass is 500 g/mol. The van der Waals surface area contributed by atoms with Crippen LogP contribution in [0.15, 0.2) is 48.5 Å². The van der Waals surface area contributed by atoms with Crippen molar-refractivity contribution in [3.8, 4) is 11.4 Å². The first-order chi connectivity index (χ1) is 16.6. The molecule has 2 aromatic carbocycles. The molecule has 10 heteroatoms. The van der Waals surface area contributed by atoms with Crippen LogP contribution < -0.4 is 15.0 Å². The molecule has 35 heavy (non-hydrogen) atoms. The predicted octanol–water partition coefficient (Wildman–Crippen LogP) is 4.43. The number of nitrogens with zero attached hydrogens (tertiary/aromatic N) is 3. The summed E-state index contributed by atoms with van der Waals surface area (Å²) >= 11 is 6.04. The molecule has 186 valence electrons. The maximum atomic E-state index is 13.5. The molecular weight excluding hydrogens is 472 g/mol. The Labute approximate surface area is 209 Å². The molecule has 0 atom stereocenters. The van der Waals surface area contributed by atoms with Gasteiger partial charge >= 0.3 is 5.97 Å². The van der Waals surface area contributed by atoms with Crippen LogP contribution in [0.2, 0.25) is 5.02 Å². The number of hydrogen-bond acceptors (Lipinski definition) is 7. The molecule has 0 aliphatic carbocycles. The van der Waals surface area contributed by atoms with Crippen LogP contribution in [-0.4, -0.2) is 62.0 Å². The molecule has 0 aliphatic heterocycles. The number of ether oxygens (including phenoxy) is 3. The number of benzene rings is 2. The quantitative estimate of drug-likeness (QED) is 0.434. The zero-order valence-corrected chi connectivity index (χ0v) is 21.3. The molecule has 0 saturated heterocycles. The van der Waals surface area contributed by atoms with Crippen LogP contribution in [0.1, 0.15) is 34.7 Å². The average molecular weight is 501 g/mol. The molecule has 1 N–H and O–H groups in total. The van der Waals surface area contributed by atoms with Gasteiger partial charge in [-0.25, -0.2) is 4.79 Å². The first-order valence-corrected chi connectivity index (χ1v) is 11.2. The molecule has 0 unspecified atom stereocenters. The number of carbonyl (C=O) groups is 2. The Hall–Kier alpha value is -3.56. The fourth-order valence-corrected chi connectivity index (χ4v) is 3.67. The van der Waals surface area contributed by atoms with Crippen molar-refractivity contribution >= 4 is 35.2 Å². The lowest BCUT2D eigenvalue weighted by Crippen LogP contribution is -2.34. The molecule has 1 amide bonds. The molecule has 0 saturated carbocycles. The van der Waals surface area contributed by atoms with Gasteiger partial charge in [0.2, 0.25) is 5.95 Å². The lowest BCUT2D eigenvalue weighted by molar-refractivity contribution is -0.0370. The van der Waals surface area contributed by atoms with E-state index in [1.54, 1.807) is 43.5 Å². The number of nitrogens with one attached hydrogen (secondary N) is 1. The molecule has 0 radical (unpaired) electrons. The lowest BCUT2D eigenvalue weighted by atomic mass is 10.1. The van der Waals surface area contributed by atoms with E-state index in [4.69, 9.17) is 25.8 Å². The summed E-state index contributed by atoms with van der Waals surface area (Å²) in [7, 11) is 6.55. The number of methoxy groups -OCH3 is 2. The van der Waals surface area contributed by atoms with Crippen molar-refractivity contribution in [3.63, 3.8) is 0 Å². The predicted molar refractivity (Wildman–Crippen MR) is 135 cm³/mol. The first-order valence-electron chi connectivity index (χ1n) is 10.8. The number of halogens is 1. The SMILES string of the molecule is COCC(C)(C)OC(=O)c1c(NC(=O)c2ccc(Cl)cc2OC)nc(N(C)C)n1-c1ccccc1. The zero-order chi connectivity index (χ0) is 25.8. The van der Waals surface area contributed by atoms with Crippen LogP contribution in [0, 0.1) is 0 Å². The van der Waals surface area contributed by atoms with Crippen LogP contribution in [0.25, 0.3) is 5.69 Å². The Bertz CT molecular complexity index is 1210. The minimum atomic E-state index is -0.920. The van der Waals surface area contributed by atoms with Gasteiger partial charge in [-0.15, -0.1) is 0 Å². The summed E-state index contributed by atoms with van der Waals surface area (Å²) in [6.07, 6.45) is 0. The second-order valence-corrected chi connectivity index (χ2v) is 8.99. The average Bonchev–Trinajstić information content (AvgIpc) is 3.18. The number of aromatic nitrogens is 2. The third kappa shape index (κ3) is 5.93. The summed E-state index contributed by atoms with van der Waals surface area (Å²) < 4.78 is 17.9. The largest absolute Gasteiger partial charge is 0.496 e. The molecule has 1 aromatic heterocycles. The van der Waals surface area contributed by atoms with E-state index in [0.717, 1.165) is 0 Å². The molecule has 0 aliphatic rings. The second-order valence-electron chi connectivity index (χ2n) is 8.56. The van der Waals surface area contributed by atoms with E-state index >= 15 is 0 Å². The smallest absolute Gasteiger partial charge is 0.359 e. The second kappa shape index (κ2) is 10.8. The van der Waals surface area contributed by atoms with E-state index in [2.05, 4.69) is 10.3 Å². The van der Waals surface area contributed by atoms with Gasteiger partial charge < -0.3 is 24.4 Å². The Morgan fingerprint density at radius 1 is 1.11 bits per heavy atom. The minimum absolute atomic E-state index is 0.0396. The molecule has 0 bridgehead atoms. The summed E-state index contributed by atoms with van der Waals surface area (Å²) in [5.41, 5.74) is 0.0445. The molecule has 1 heterocycles. The molecular formula is C25H29ClN4O5. The molecule has 9 nitrogen and oxygen atoms in total. The standard InChI is InChI=1S/C25H29ClN4O5/c1-25(2,15-33-5)35-23(32)20-21(27-22(31)18-13-12-16(26)14-19(18)34-6)28-24(29(3)4)30(20)17-10-8-7-9-11-17/h7-14H,15H2,1-6H3,(H,27,31). The number of rotatable bonds is 9. The minimum Gasteiger partial charge on any atom is -0.496 e. The van der Waals surface area contributed by atoms with Crippen LogP contribution in [0.3, 0.4) is 0 Å². The molecule has 3 rings (SSSR count). The Morgan fingerprint density at radius 3 is 2.40 bits per heavy atom. The van der Waals surface area contributed by atoms with Crippen LogP contribution >= 0.6 is 11.6 Å². The maximum absolute atomic E-state index is 13.5. The van der Waals surface area contributed by atoms with Gasteiger partial charge in [-0.3, -0.25) is 9.36 Å². The molecule has 0 fully saturated rings. The van der Waals surface area contributed by atoms with Gasteiger partial charge in [0.25, 0.3) is 5.91 Å². The van der Waals surface area contributed by atoms with Crippen molar-refractivity contribution in [2.24, 2.45) is 0 Å². The van der Waals surface area contributed by atoms with Gasteiger partial charge in [0.1, 0.15) is 11.4 Å². The Kier molecular flexibility index (Phi) is 8.03. The van der Waals surface area contributed by atoms with Crippen molar-refractivity contribution in [2.45, 2.75) is 19.4 Å². The highest BCUT2D eigenvalue weighted by atomic mass is 35.5. The Balaban J connectivity index is 2.15. The highest BCUT2D eigenvalue weighted by Crippen LogP contribution is 2.31. The van der Waals surface area contributed by atoms with Gasteiger partial charge in [-0.1, -0.05) is 29.8 Å². The fourth-order valence-electron chi connectivity index (χ4n) is 3.51. The number of imidazole rings is 1. The first kappa shape index (κ1) is 26.1. The van der Waals surface area contributed by atoms with Gasteiger partial charge in [0.15, 0.2) is 11.5 Å². The normalized spacial score (nSPS) is 11.2. The molecule has 3 aromatic rings. The number of carbonyl (C=O) groups excluding carboxylic acids is 2. The van der Waals surface area contributed by atoms with Gasteiger partial charge in [-0.2, -0.15) is 4.98 Å². The van der Waals surface area contributed by atoms with Crippen molar-refractivity contribution in [2.75, 3.05) is 45.1 Å². The third-order valence-electron chi connectivity index (χ3n) is 4.97. The maximum Gasteiger partial charge on any atom is 0.359 e. The molecule has 0 spiro atoms. The lowest BCUT2D eigenvalue weighted by Gasteiger charge is -2.25. The highest BCUT2D eigenvalue weighted by Gasteiger charge is 2.32. The number of para-hydroxylation sites is 1. The van der Waals surface area contributed by atoms with E-state index in [1.165, 1.54) is 26.4 Å². The summed E-state index contributed by atoms with van der Waals surface area (Å²) in [6, 6.07) is 13.9. The highest BCUT2D eigenvalue weighted by molar-refractivity contribution is 6.31. The number of amides is 1. The van der Waals surface area contributed by atoms with Gasteiger partial charge in [0.05, 0.1) is 19.3 Å². The summed E-state index contributed by atoms with van der Waals surface area (Å²) in [5, 5.41) is 3.17. The summed E-state index contributed by atoms with van der Waals surface area (Å²) in [5.74, 6) is -0.443. The number of esters is 1. The summed E-state index contributed by atoms with van der Waals surface area (Å²) in [6.45, 7) is 3.66. The van der Waals surface area contributed by atoms with Crippen LogP contribution in [0.5, 0.6) is 5.75 Å². The third-order valence-corrected chi connectivity index (χ3v) is 5.20. The van der Waals surface area contributed by atoms with E-state index in [9.17, 15) is 9.59 Å². The van der Waals surface area contributed by atoms with Crippen LogP contribution in [0.4, 0.5) is 11.8 Å². The zero-order valence-electron chi connectivity index (χ0n) is 20.6. The van der Waals surface area contributed by atoms with Crippen LogP contribution in [-0.2, 0) is 9.47 Å². The topological polar surface area (TPSA) is 94.9 Å². The number of anilines is 2. The Morgan fingerprint density at radius 2 is 1.80 bits per heavy atom. The van der Waals surface area contributed by atoms with E-state index in [-0.39, 0.29) is 29.4 Å². The van der Waals surface area contributed by atoms with Crippen molar-refractivity contribution in [1.29, 1.82) is 0 Å².